The van der Waals surface area contributed by atoms with Crippen molar-refractivity contribution in [3.8, 4) is 0 Å². The molecule has 1 aromatic heterocycles. The molecule has 0 aromatic carbocycles. The molecule has 1 aromatic rings. The topological polar surface area (TPSA) is 63.6 Å². The maximum absolute atomic E-state index is 5.68. The first kappa shape index (κ1) is 12.6. The lowest BCUT2D eigenvalue weighted by Gasteiger charge is -2.31. The molecule has 3 heterocycles. The van der Waals surface area contributed by atoms with Gasteiger partial charge in [0.15, 0.2) is 0 Å². The number of ether oxygens (including phenoxy) is 2. The van der Waals surface area contributed by atoms with E-state index in [0.29, 0.717) is 12.6 Å². The number of aromatic nitrogens is 3. The maximum Gasteiger partial charge on any atom is 0.232 e. The quantitative estimate of drug-likeness (QED) is 0.761. The van der Waals surface area contributed by atoms with Crippen LogP contribution >= 0.6 is 0 Å². The van der Waals surface area contributed by atoms with Gasteiger partial charge in [-0.05, 0) is 13.8 Å². The fourth-order valence-corrected chi connectivity index (χ4v) is 2.40. The number of hydrogen-bond acceptors (Lipinski definition) is 7. The normalized spacial score (nSPS) is 22.8. The van der Waals surface area contributed by atoms with Crippen LogP contribution in [0.25, 0.3) is 0 Å². The van der Waals surface area contributed by atoms with Crippen LogP contribution in [-0.4, -0.2) is 60.1 Å². The molecule has 0 atom stereocenters. The smallest absolute Gasteiger partial charge is 0.232 e. The van der Waals surface area contributed by atoms with E-state index >= 15 is 0 Å². The third kappa shape index (κ3) is 2.48. The van der Waals surface area contributed by atoms with Crippen molar-refractivity contribution in [2.24, 2.45) is 0 Å². The molecule has 0 unspecified atom stereocenters. The Balaban J connectivity index is 1.83. The molecule has 2 aliphatic heterocycles. The van der Waals surface area contributed by atoms with Crippen molar-refractivity contribution in [1.29, 1.82) is 0 Å². The minimum Gasteiger partial charge on any atom is -0.378 e. The van der Waals surface area contributed by atoms with E-state index in [0.717, 1.165) is 38.8 Å². The SMILES string of the molecule is CC1(C)OCCN1c1ncnc(N2CCOCC2)n1. The third-order valence-electron chi connectivity index (χ3n) is 3.50. The molecule has 0 N–H and O–H groups in total. The van der Waals surface area contributed by atoms with Crippen molar-refractivity contribution >= 4 is 11.9 Å². The molecule has 0 spiro atoms. The Morgan fingerprint density at radius 3 is 2.47 bits per heavy atom. The Bertz CT molecular complexity index is 448. The highest BCUT2D eigenvalue weighted by Crippen LogP contribution is 2.26. The average molecular weight is 265 g/mol. The van der Waals surface area contributed by atoms with Gasteiger partial charge in [0.25, 0.3) is 0 Å². The highest BCUT2D eigenvalue weighted by molar-refractivity contribution is 5.40. The van der Waals surface area contributed by atoms with Crippen LogP contribution in [0.3, 0.4) is 0 Å². The third-order valence-corrected chi connectivity index (χ3v) is 3.50. The van der Waals surface area contributed by atoms with E-state index in [9.17, 15) is 0 Å². The first-order valence-electron chi connectivity index (χ1n) is 6.60. The highest BCUT2D eigenvalue weighted by Gasteiger charge is 2.35. The van der Waals surface area contributed by atoms with E-state index in [1.165, 1.54) is 0 Å². The van der Waals surface area contributed by atoms with Crippen LogP contribution in [0, 0.1) is 0 Å². The number of rotatable bonds is 2. The number of nitrogens with zero attached hydrogens (tertiary/aromatic N) is 5. The number of anilines is 2. The fraction of sp³-hybridized carbons (Fsp3) is 0.750. The molecule has 2 aliphatic rings. The molecule has 2 saturated heterocycles. The van der Waals surface area contributed by atoms with E-state index in [-0.39, 0.29) is 5.72 Å². The van der Waals surface area contributed by atoms with Crippen molar-refractivity contribution in [2.45, 2.75) is 19.6 Å². The molecule has 3 rings (SSSR count). The lowest BCUT2D eigenvalue weighted by Crippen LogP contribution is -2.41. The van der Waals surface area contributed by atoms with Gasteiger partial charge in [-0.15, -0.1) is 0 Å². The van der Waals surface area contributed by atoms with E-state index < -0.39 is 0 Å². The minimum absolute atomic E-state index is 0.358. The van der Waals surface area contributed by atoms with E-state index in [2.05, 4.69) is 24.8 Å². The molecule has 0 amide bonds. The molecule has 7 nitrogen and oxygen atoms in total. The second kappa shape index (κ2) is 4.90. The Hall–Kier alpha value is -1.47. The summed E-state index contributed by atoms with van der Waals surface area (Å²) >= 11 is 0. The summed E-state index contributed by atoms with van der Waals surface area (Å²) in [6.45, 7) is 8.65. The van der Waals surface area contributed by atoms with Crippen molar-refractivity contribution in [3.05, 3.63) is 6.33 Å². The van der Waals surface area contributed by atoms with Gasteiger partial charge in [0.1, 0.15) is 12.1 Å². The molecule has 0 saturated carbocycles. The van der Waals surface area contributed by atoms with Crippen LogP contribution in [-0.2, 0) is 9.47 Å². The van der Waals surface area contributed by atoms with Gasteiger partial charge in [-0.25, -0.2) is 9.97 Å². The predicted molar refractivity (Wildman–Crippen MR) is 70.2 cm³/mol. The molecule has 0 aliphatic carbocycles. The van der Waals surface area contributed by atoms with Crippen molar-refractivity contribution < 1.29 is 9.47 Å². The van der Waals surface area contributed by atoms with Crippen LogP contribution in [0.15, 0.2) is 6.33 Å². The summed E-state index contributed by atoms with van der Waals surface area (Å²) in [7, 11) is 0. The lowest BCUT2D eigenvalue weighted by molar-refractivity contribution is 0.0376. The first-order valence-corrected chi connectivity index (χ1v) is 6.60. The van der Waals surface area contributed by atoms with Gasteiger partial charge in [-0.3, -0.25) is 0 Å². The van der Waals surface area contributed by atoms with Crippen LogP contribution in [0.4, 0.5) is 11.9 Å². The zero-order valence-corrected chi connectivity index (χ0v) is 11.4. The first-order chi connectivity index (χ1) is 9.17. The van der Waals surface area contributed by atoms with E-state index in [1.807, 2.05) is 13.8 Å². The van der Waals surface area contributed by atoms with Crippen molar-refractivity contribution in [2.75, 3.05) is 49.3 Å². The summed E-state index contributed by atoms with van der Waals surface area (Å²) in [5.41, 5.74) is -0.358. The fourth-order valence-electron chi connectivity index (χ4n) is 2.40. The highest BCUT2D eigenvalue weighted by atomic mass is 16.5. The number of hydrogen-bond donors (Lipinski definition) is 0. The standard InChI is InChI=1S/C12H19N5O2/c1-12(2)17(5-8-19-12)11-14-9-13-10(15-11)16-3-6-18-7-4-16/h9H,3-8H2,1-2H3. The van der Waals surface area contributed by atoms with Gasteiger partial charge in [0.2, 0.25) is 11.9 Å². The van der Waals surface area contributed by atoms with Gasteiger partial charge >= 0.3 is 0 Å². The van der Waals surface area contributed by atoms with E-state index in [4.69, 9.17) is 9.47 Å². The Kier molecular flexibility index (Phi) is 3.24. The summed E-state index contributed by atoms with van der Waals surface area (Å²) < 4.78 is 11.0. The second-order valence-electron chi connectivity index (χ2n) is 5.13. The molecule has 2 fully saturated rings. The lowest BCUT2D eigenvalue weighted by atomic mass is 10.3. The Labute approximate surface area is 112 Å². The average Bonchev–Trinajstić information content (AvgIpc) is 2.79. The summed E-state index contributed by atoms with van der Waals surface area (Å²) in [4.78, 5) is 17.3. The Morgan fingerprint density at radius 1 is 1.05 bits per heavy atom. The van der Waals surface area contributed by atoms with Gasteiger partial charge < -0.3 is 19.3 Å². The predicted octanol–water partition coefficient (Wildman–Crippen LogP) is 0.281. The van der Waals surface area contributed by atoms with Gasteiger partial charge in [-0.2, -0.15) is 4.98 Å². The largest absolute Gasteiger partial charge is 0.378 e. The van der Waals surface area contributed by atoms with Crippen LogP contribution in [0.5, 0.6) is 0 Å². The number of morpholine rings is 1. The zero-order valence-electron chi connectivity index (χ0n) is 11.4. The summed E-state index contributed by atoms with van der Waals surface area (Å²) in [5, 5.41) is 0. The van der Waals surface area contributed by atoms with Gasteiger partial charge in [0, 0.05) is 19.6 Å². The van der Waals surface area contributed by atoms with Gasteiger partial charge in [-0.1, -0.05) is 0 Å². The Morgan fingerprint density at radius 2 is 1.79 bits per heavy atom. The van der Waals surface area contributed by atoms with Crippen LogP contribution in [0.1, 0.15) is 13.8 Å². The molecule has 104 valence electrons. The molecule has 0 bridgehead atoms. The molecule has 7 heteroatoms. The van der Waals surface area contributed by atoms with Crippen LogP contribution < -0.4 is 9.80 Å². The molecule has 0 radical (unpaired) electrons. The molecular formula is C12H19N5O2. The van der Waals surface area contributed by atoms with Crippen molar-refractivity contribution in [3.63, 3.8) is 0 Å². The van der Waals surface area contributed by atoms with Gasteiger partial charge in [0.05, 0.1) is 19.8 Å². The monoisotopic (exact) mass is 265 g/mol. The van der Waals surface area contributed by atoms with Crippen molar-refractivity contribution in [1.82, 2.24) is 15.0 Å². The van der Waals surface area contributed by atoms with Crippen LogP contribution in [0.2, 0.25) is 0 Å². The zero-order chi connectivity index (χ0) is 13.3. The minimum atomic E-state index is -0.358. The summed E-state index contributed by atoms with van der Waals surface area (Å²) in [6.07, 6.45) is 1.57. The molecule has 19 heavy (non-hydrogen) atoms. The summed E-state index contributed by atoms with van der Waals surface area (Å²) in [6, 6.07) is 0. The maximum atomic E-state index is 5.68. The van der Waals surface area contributed by atoms with E-state index in [1.54, 1.807) is 6.33 Å². The molecular weight excluding hydrogens is 246 g/mol. The second-order valence-corrected chi connectivity index (χ2v) is 5.13. The summed E-state index contributed by atoms with van der Waals surface area (Å²) in [5.74, 6) is 1.40.